The summed E-state index contributed by atoms with van der Waals surface area (Å²) in [7, 11) is -5.53. The Morgan fingerprint density at radius 2 is 1.79 bits per heavy atom. The standard InChI is InChI=1S/C20H24N2O5S2/c1-3-22(18-12-13-28(24,25)15-18)20(23)16-8-7-11-19(14-16)29(26,27)21(2)17-9-5-4-6-10-17/h4-11,14,18H,3,12-13,15H2,1-2H3. The molecule has 1 fully saturated rings. The number of sulfonamides is 1. The van der Waals surface area contributed by atoms with E-state index in [1.807, 2.05) is 0 Å². The van der Waals surface area contributed by atoms with Crippen molar-refractivity contribution < 1.29 is 21.6 Å². The number of carbonyl (C=O) groups excluding carboxylic acids is 1. The molecule has 2 aromatic carbocycles. The normalized spacial score (nSPS) is 18.3. The van der Waals surface area contributed by atoms with Crippen LogP contribution in [0, 0.1) is 0 Å². The minimum atomic E-state index is -3.85. The molecule has 0 spiro atoms. The second kappa shape index (κ2) is 8.16. The van der Waals surface area contributed by atoms with Crippen LogP contribution >= 0.6 is 0 Å². The molecule has 0 aromatic heterocycles. The largest absolute Gasteiger partial charge is 0.335 e. The predicted molar refractivity (Wildman–Crippen MR) is 112 cm³/mol. The van der Waals surface area contributed by atoms with Crippen LogP contribution in [-0.4, -0.2) is 58.8 Å². The molecule has 7 nitrogen and oxygen atoms in total. The van der Waals surface area contributed by atoms with E-state index in [0.717, 1.165) is 4.31 Å². The van der Waals surface area contributed by atoms with Gasteiger partial charge in [0.1, 0.15) is 0 Å². The van der Waals surface area contributed by atoms with E-state index in [4.69, 9.17) is 0 Å². The molecule has 1 aliphatic rings. The first kappa shape index (κ1) is 21.3. The molecule has 1 heterocycles. The highest BCUT2D eigenvalue weighted by molar-refractivity contribution is 7.92. The first-order valence-electron chi connectivity index (χ1n) is 9.31. The molecule has 9 heteroatoms. The molecule has 1 amide bonds. The fraction of sp³-hybridized carbons (Fsp3) is 0.350. The number of nitrogens with zero attached hydrogens (tertiary/aromatic N) is 2. The minimum Gasteiger partial charge on any atom is -0.335 e. The number of rotatable bonds is 6. The van der Waals surface area contributed by atoms with Gasteiger partial charge < -0.3 is 4.90 Å². The molecule has 1 unspecified atom stereocenters. The van der Waals surface area contributed by atoms with Crippen molar-refractivity contribution in [2.75, 3.05) is 29.4 Å². The van der Waals surface area contributed by atoms with Gasteiger partial charge in [-0.15, -0.1) is 0 Å². The monoisotopic (exact) mass is 436 g/mol. The Kier molecular flexibility index (Phi) is 6.00. The van der Waals surface area contributed by atoms with Crippen LogP contribution in [0.15, 0.2) is 59.5 Å². The van der Waals surface area contributed by atoms with Gasteiger partial charge >= 0.3 is 0 Å². The van der Waals surface area contributed by atoms with Crippen molar-refractivity contribution in [3.63, 3.8) is 0 Å². The summed E-state index contributed by atoms with van der Waals surface area (Å²) >= 11 is 0. The topological polar surface area (TPSA) is 91.8 Å². The summed E-state index contributed by atoms with van der Waals surface area (Å²) < 4.78 is 50.8. The average molecular weight is 437 g/mol. The third kappa shape index (κ3) is 4.45. The fourth-order valence-electron chi connectivity index (χ4n) is 3.48. The summed E-state index contributed by atoms with van der Waals surface area (Å²) in [6.45, 7) is 2.13. The lowest BCUT2D eigenvalue weighted by Crippen LogP contribution is -2.41. The summed E-state index contributed by atoms with van der Waals surface area (Å²) in [6, 6.07) is 14.2. The van der Waals surface area contributed by atoms with E-state index in [-0.39, 0.29) is 33.9 Å². The van der Waals surface area contributed by atoms with E-state index in [2.05, 4.69) is 0 Å². The van der Waals surface area contributed by atoms with Crippen LogP contribution < -0.4 is 4.31 Å². The zero-order valence-corrected chi connectivity index (χ0v) is 18.0. The first-order chi connectivity index (χ1) is 13.7. The van der Waals surface area contributed by atoms with E-state index in [1.165, 1.54) is 30.1 Å². The van der Waals surface area contributed by atoms with Gasteiger partial charge in [-0.3, -0.25) is 9.10 Å². The number of amides is 1. The number of carbonyl (C=O) groups is 1. The molecule has 3 rings (SSSR count). The molecular weight excluding hydrogens is 412 g/mol. The van der Waals surface area contributed by atoms with Crippen molar-refractivity contribution in [3.8, 4) is 0 Å². The second-order valence-corrected chi connectivity index (χ2v) is 11.2. The summed E-state index contributed by atoms with van der Waals surface area (Å²) in [5, 5.41) is 0. The average Bonchev–Trinajstić information content (AvgIpc) is 3.08. The molecular formula is C20H24N2O5S2. The Bertz CT molecular complexity index is 1100. The van der Waals surface area contributed by atoms with Crippen molar-refractivity contribution in [2.45, 2.75) is 24.3 Å². The van der Waals surface area contributed by atoms with Crippen LogP contribution in [-0.2, 0) is 19.9 Å². The lowest BCUT2D eigenvalue weighted by atomic mass is 10.1. The minimum absolute atomic E-state index is 0.00444. The number of hydrogen-bond acceptors (Lipinski definition) is 5. The van der Waals surface area contributed by atoms with E-state index in [1.54, 1.807) is 43.3 Å². The quantitative estimate of drug-likeness (QED) is 0.692. The molecule has 1 aliphatic heterocycles. The maximum atomic E-state index is 13.0. The molecule has 29 heavy (non-hydrogen) atoms. The van der Waals surface area contributed by atoms with Gasteiger partial charge in [-0.2, -0.15) is 0 Å². The Morgan fingerprint density at radius 1 is 1.10 bits per heavy atom. The van der Waals surface area contributed by atoms with Gasteiger partial charge in [-0.05, 0) is 43.7 Å². The van der Waals surface area contributed by atoms with Gasteiger partial charge in [-0.25, -0.2) is 16.8 Å². The van der Waals surface area contributed by atoms with E-state index < -0.39 is 19.9 Å². The van der Waals surface area contributed by atoms with Gasteiger partial charge in [0.2, 0.25) is 0 Å². The van der Waals surface area contributed by atoms with Gasteiger partial charge in [0.25, 0.3) is 15.9 Å². The zero-order valence-electron chi connectivity index (χ0n) is 16.4. The molecule has 156 valence electrons. The maximum absolute atomic E-state index is 13.0. The van der Waals surface area contributed by atoms with Crippen molar-refractivity contribution >= 4 is 31.5 Å². The molecule has 2 aromatic rings. The Labute approximate surface area is 171 Å². The van der Waals surface area contributed by atoms with Crippen LogP contribution in [0.5, 0.6) is 0 Å². The molecule has 1 atom stereocenters. The van der Waals surface area contributed by atoms with Crippen LogP contribution in [0.2, 0.25) is 0 Å². The summed E-state index contributed by atoms with van der Waals surface area (Å²) in [4.78, 5) is 14.5. The van der Waals surface area contributed by atoms with E-state index in [0.29, 0.717) is 18.7 Å². The smallest absolute Gasteiger partial charge is 0.264 e. The van der Waals surface area contributed by atoms with Crippen molar-refractivity contribution in [1.82, 2.24) is 4.90 Å². The molecule has 0 aliphatic carbocycles. The third-order valence-corrected chi connectivity index (χ3v) is 8.64. The van der Waals surface area contributed by atoms with Crippen LogP contribution in [0.25, 0.3) is 0 Å². The molecule has 0 N–H and O–H groups in total. The lowest BCUT2D eigenvalue weighted by Gasteiger charge is -2.27. The highest BCUT2D eigenvalue weighted by Crippen LogP contribution is 2.24. The Morgan fingerprint density at radius 3 is 2.38 bits per heavy atom. The van der Waals surface area contributed by atoms with Crippen LogP contribution in [0.3, 0.4) is 0 Å². The summed E-state index contributed by atoms with van der Waals surface area (Å²) in [5.41, 5.74) is 0.731. The third-order valence-electron chi connectivity index (χ3n) is 5.11. The Balaban J connectivity index is 1.89. The number of hydrogen-bond donors (Lipinski definition) is 0. The summed E-state index contributed by atoms with van der Waals surface area (Å²) in [5.74, 6) is -0.354. The van der Waals surface area contributed by atoms with Gasteiger partial charge in [0, 0.05) is 25.2 Å². The highest BCUT2D eigenvalue weighted by atomic mass is 32.2. The van der Waals surface area contributed by atoms with E-state index >= 15 is 0 Å². The van der Waals surface area contributed by atoms with Crippen LogP contribution in [0.4, 0.5) is 5.69 Å². The summed E-state index contributed by atoms with van der Waals surface area (Å²) in [6.07, 6.45) is 0.399. The molecule has 0 bridgehead atoms. The SMILES string of the molecule is CCN(C(=O)c1cccc(S(=O)(=O)N(C)c2ccccc2)c1)C1CCS(=O)(=O)C1. The number of sulfone groups is 1. The van der Waals surface area contributed by atoms with Crippen LogP contribution in [0.1, 0.15) is 23.7 Å². The van der Waals surface area contributed by atoms with E-state index in [9.17, 15) is 21.6 Å². The zero-order chi connectivity index (χ0) is 21.2. The van der Waals surface area contributed by atoms with Crippen molar-refractivity contribution in [1.29, 1.82) is 0 Å². The Hall–Kier alpha value is -2.39. The first-order valence-corrected chi connectivity index (χ1v) is 12.6. The lowest BCUT2D eigenvalue weighted by molar-refractivity contribution is 0.0708. The maximum Gasteiger partial charge on any atom is 0.264 e. The second-order valence-electron chi connectivity index (χ2n) is 6.98. The van der Waals surface area contributed by atoms with Crippen molar-refractivity contribution in [3.05, 3.63) is 60.2 Å². The number of para-hydroxylation sites is 1. The molecule has 1 saturated heterocycles. The van der Waals surface area contributed by atoms with Gasteiger partial charge in [-0.1, -0.05) is 24.3 Å². The highest BCUT2D eigenvalue weighted by Gasteiger charge is 2.34. The molecule has 0 radical (unpaired) electrons. The fourth-order valence-corrected chi connectivity index (χ4v) is 6.45. The van der Waals surface area contributed by atoms with Crippen molar-refractivity contribution in [2.24, 2.45) is 0 Å². The molecule has 0 saturated carbocycles. The predicted octanol–water partition coefficient (Wildman–Crippen LogP) is 2.16. The van der Waals surface area contributed by atoms with Gasteiger partial charge in [0.15, 0.2) is 9.84 Å². The van der Waals surface area contributed by atoms with Gasteiger partial charge in [0.05, 0.1) is 22.1 Å². The number of benzene rings is 2. The number of anilines is 1.